The van der Waals surface area contributed by atoms with Gasteiger partial charge in [-0.05, 0) is 19.1 Å². The molecule has 1 atom stereocenters. The topological polar surface area (TPSA) is 30.7 Å². The number of para-hydroxylation sites is 1. The lowest BCUT2D eigenvalue weighted by Crippen LogP contribution is -2.09. The smallest absolute Gasteiger partial charge is 0.151 e. The molecular weight excluding hydrogens is 285 g/mol. The van der Waals surface area contributed by atoms with Crippen molar-refractivity contribution in [1.82, 2.24) is 14.5 Å². The molecule has 1 aromatic carbocycles. The largest absolute Gasteiger partial charge is 0.317 e. The summed E-state index contributed by atoms with van der Waals surface area (Å²) in [6, 6.07) is 4.93. The number of hydrogen-bond donors (Lipinski definition) is 0. The van der Waals surface area contributed by atoms with Crippen LogP contribution in [-0.4, -0.2) is 14.5 Å². The van der Waals surface area contributed by atoms with E-state index in [-0.39, 0.29) is 17.7 Å². The van der Waals surface area contributed by atoms with E-state index in [0.29, 0.717) is 11.3 Å². The summed E-state index contributed by atoms with van der Waals surface area (Å²) in [5.41, 5.74) is 1.11. The van der Waals surface area contributed by atoms with Gasteiger partial charge in [0.05, 0.1) is 17.4 Å². The van der Waals surface area contributed by atoms with Crippen LogP contribution in [0.3, 0.4) is 0 Å². The van der Waals surface area contributed by atoms with E-state index in [1.165, 1.54) is 6.07 Å². The van der Waals surface area contributed by atoms with Crippen LogP contribution in [0.1, 0.15) is 23.8 Å². The molecule has 0 saturated carbocycles. The van der Waals surface area contributed by atoms with Crippen LogP contribution < -0.4 is 0 Å². The Hall–Kier alpha value is -1.46. The molecule has 0 radical (unpaired) electrons. The average Bonchev–Trinajstić information content (AvgIpc) is 3.05. The molecule has 98 valence electrons. The van der Waals surface area contributed by atoms with E-state index in [4.69, 9.17) is 11.6 Å². The molecular formula is C13H11ClFN3S. The zero-order valence-electron chi connectivity index (χ0n) is 10.2. The molecule has 3 rings (SSSR count). The van der Waals surface area contributed by atoms with Gasteiger partial charge in [0.1, 0.15) is 16.3 Å². The summed E-state index contributed by atoms with van der Waals surface area (Å²) in [6.07, 6.45) is 1.76. The van der Waals surface area contributed by atoms with Crippen molar-refractivity contribution >= 4 is 34.0 Å². The summed E-state index contributed by atoms with van der Waals surface area (Å²) < 4.78 is 15.7. The second kappa shape index (κ2) is 4.90. The SMILES string of the molecule is CC(c1nccs1)n1c(CCl)nc2c(F)cccc21. The predicted molar refractivity (Wildman–Crippen MR) is 75.2 cm³/mol. The van der Waals surface area contributed by atoms with Crippen molar-refractivity contribution in [3.8, 4) is 0 Å². The maximum atomic E-state index is 13.8. The van der Waals surface area contributed by atoms with Gasteiger partial charge in [-0.25, -0.2) is 14.4 Å². The first-order valence-electron chi connectivity index (χ1n) is 5.83. The van der Waals surface area contributed by atoms with Crippen LogP contribution in [0.4, 0.5) is 4.39 Å². The van der Waals surface area contributed by atoms with Crippen molar-refractivity contribution in [1.29, 1.82) is 0 Å². The van der Waals surface area contributed by atoms with Gasteiger partial charge >= 0.3 is 0 Å². The zero-order valence-corrected chi connectivity index (χ0v) is 11.7. The van der Waals surface area contributed by atoms with Crippen molar-refractivity contribution in [3.05, 3.63) is 46.4 Å². The molecule has 0 fully saturated rings. The van der Waals surface area contributed by atoms with Crippen LogP contribution in [0.5, 0.6) is 0 Å². The number of benzene rings is 1. The molecule has 3 aromatic rings. The van der Waals surface area contributed by atoms with Crippen molar-refractivity contribution in [3.63, 3.8) is 0 Å². The molecule has 0 aliphatic heterocycles. The van der Waals surface area contributed by atoms with Gasteiger partial charge in [-0.3, -0.25) is 0 Å². The Morgan fingerprint density at radius 2 is 2.32 bits per heavy atom. The number of imidazole rings is 1. The molecule has 2 heterocycles. The fourth-order valence-electron chi connectivity index (χ4n) is 2.21. The van der Waals surface area contributed by atoms with Crippen LogP contribution in [0.25, 0.3) is 11.0 Å². The molecule has 1 unspecified atom stereocenters. The highest BCUT2D eigenvalue weighted by Crippen LogP contribution is 2.28. The van der Waals surface area contributed by atoms with Crippen molar-refractivity contribution in [2.24, 2.45) is 0 Å². The lowest BCUT2D eigenvalue weighted by molar-refractivity contribution is 0.629. The molecule has 0 amide bonds. The Bertz CT molecular complexity index is 708. The van der Waals surface area contributed by atoms with Crippen LogP contribution in [0, 0.1) is 5.82 Å². The van der Waals surface area contributed by atoms with E-state index < -0.39 is 0 Å². The third kappa shape index (κ3) is 2.03. The first-order valence-corrected chi connectivity index (χ1v) is 7.24. The second-order valence-electron chi connectivity index (χ2n) is 4.19. The Balaban J connectivity index is 2.24. The summed E-state index contributed by atoms with van der Waals surface area (Å²) in [5, 5.41) is 2.88. The zero-order chi connectivity index (χ0) is 13.4. The number of halogens is 2. The third-order valence-electron chi connectivity index (χ3n) is 3.06. The second-order valence-corrected chi connectivity index (χ2v) is 5.38. The van der Waals surface area contributed by atoms with Gasteiger partial charge in [0.15, 0.2) is 5.82 Å². The van der Waals surface area contributed by atoms with Crippen molar-refractivity contribution in [2.45, 2.75) is 18.8 Å². The van der Waals surface area contributed by atoms with E-state index in [2.05, 4.69) is 9.97 Å². The molecule has 6 heteroatoms. The molecule has 19 heavy (non-hydrogen) atoms. The molecule has 0 bridgehead atoms. The lowest BCUT2D eigenvalue weighted by atomic mass is 10.2. The number of fused-ring (bicyclic) bond motifs is 1. The van der Waals surface area contributed by atoms with Crippen LogP contribution >= 0.6 is 22.9 Å². The van der Waals surface area contributed by atoms with Crippen LogP contribution in [0.2, 0.25) is 0 Å². The first-order chi connectivity index (χ1) is 9.22. The minimum atomic E-state index is -0.325. The molecule has 0 aliphatic rings. The molecule has 0 spiro atoms. The van der Waals surface area contributed by atoms with E-state index in [0.717, 1.165) is 10.5 Å². The van der Waals surface area contributed by atoms with Crippen molar-refractivity contribution in [2.75, 3.05) is 0 Å². The van der Waals surface area contributed by atoms with Gasteiger partial charge in [-0.2, -0.15) is 0 Å². The third-order valence-corrected chi connectivity index (χ3v) is 4.24. The Morgan fingerprint density at radius 1 is 1.47 bits per heavy atom. The maximum absolute atomic E-state index is 13.8. The first kappa shape index (κ1) is 12.6. The van der Waals surface area contributed by atoms with E-state index in [1.54, 1.807) is 23.6 Å². The highest BCUT2D eigenvalue weighted by molar-refractivity contribution is 7.09. The Labute approximate surface area is 118 Å². The molecule has 0 saturated heterocycles. The number of nitrogens with zero attached hydrogens (tertiary/aromatic N) is 3. The van der Waals surface area contributed by atoms with Crippen LogP contribution in [-0.2, 0) is 5.88 Å². The highest BCUT2D eigenvalue weighted by Gasteiger charge is 2.19. The summed E-state index contributed by atoms with van der Waals surface area (Å²) in [4.78, 5) is 8.60. The monoisotopic (exact) mass is 295 g/mol. The summed E-state index contributed by atoms with van der Waals surface area (Å²) >= 11 is 7.50. The quantitative estimate of drug-likeness (QED) is 0.684. The summed E-state index contributed by atoms with van der Waals surface area (Å²) in [7, 11) is 0. The van der Waals surface area contributed by atoms with Gasteiger partial charge in [0.2, 0.25) is 0 Å². The number of thiazole rings is 1. The van der Waals surface area contributed by atoms with Crippen LogP contribution in [0.15, 0.2) is 29.8 Å². The minimum absolute atomic E-state index is 0.0134. The number of hydrogen-bond acceptors (Lipinski definition) is 3. The fourth-order valence-corrected chi connectivity index (χ4v) is 3.08. The molecule has 0 aliphatic carbocycles. The lowest BCUT2D eigenvalue weighted by Gasteiger charge is -2.14. The minimum Gasteiger partial charge on any atom is -0.317 e. The predicted octanol–water partition coefficient (Wildman–Crippen LogP) is 3.98. The number of rotatable bonds is 3. The highest BCUT2D eigenvalue weighted by atomic mass is 35.5. The van der Waals surface area contributed by atoms with Gasteiger partial charge in [0, 0.05) is 11.6 Å². The van der Waals surface area contributed by atoms with Gasteiger partial charge in [0.25, 0.3) is 0 Å². The average molecular weight is 296 g/mol. The van der Waals surface area contributed by atoms with Gasteiger partial charge in [-0.15, -0.1) is 22.9 Å². The summed E-state index contributed by atoms with van der Waals surface area (Å²) in [6.45, 7) is 2.01. The van der Waals surface area contributed by atoms with E-state index in [1.807, 2.05) is 22.9 Å². The number of alkyl halides is 1. The Morgan fingerprint density at radius 3 is 3.00 bits per heavy atom. The Kier molecular flexibility index (Phi) is 3.24. The van der Waals surface area contributed by atoms with Gasteiger partial charge < -0.3 is 4.57 Å². The fraction of sp³-hybridized carbons (Fsp3) is 0.231. The summed E-state index contributed by atoms with van der Waals surface area (Å²) in [5.74, 6) is 0.572. The van der Waals surface area contributed by atoms with Gasteiger partial charge in [-0.1, -0.05) is 6.07 Å². The normalized spacial score (nSPS) is 13.0. The molecule has 0 N–H and O–H groups in total. The van der Waals surface area contributed by atoms with Crippen molar-refractivity contribution < 1.29 is 4.39 Å². The van der Waals surface area contributed by atoms with E-state index >= 15 is 0 Å². The molecule has 2 aromatic heterocycles. The van der Waals surface area contributed by atoms with E-state index in [9.17, 15) is 4.39 Å². The maximum Gasteiger partial charge on any atom is 0.151 e. The number of aromatic nitrogens is 3. The standard InChI is InChI=1S/C13H11ClFN3S/c1-8(13-16-5-6-19-13)18-10-4-2-3-9(15)12(10)17-11(18)7-14/h2-6,8H,7H2,1H3. The molecule has 3 nitrogen and oxygen atoms in total.